The summed E-state index contributed by atoms with van der Waals surface area (Å²) >= 11 is 0. The van der Waals surface area contributed by atoms with Crippen LogP contribution in [0.25, 0.3) is 27.8 Å². The Morgan fingerprint density at radius 2 is 1.69 bits per heavy atom. The number of aromatic carboxylic acids is 1. The second-order valence-electron chi connectivity index (χ2n) is 8.76. The average molecular weight is 478 g/mol. The predicted octanol–water partition coefficient (Wildman–Crippen LogP) is 5.02. The first-order valence-electron chi connectivity index (χ1n) is 11.4. The molecule has 0 amide bonds. The lowest BCUT2D eigenvalue weighted by Gasteiger charge is -2.29. The first-order chi connectivity index (χ1) is 16.8. The van der Waals surface area contributed by atoms with E-state index in [1.165, 1.54) is 16.8 Å². The topological polar surface area (TPSA) is 80.5 Å². The van der Waals surface area contributed by atoms with Crippen LogP contribution in [0.15, 0.2) is 48.5 Å². The van der Waals surface area contributed by atoms with Crippen molar-refractivity contribution in [2.75, 3.05) is 31.2 Å². The highest BCUT2D eigenvalue weighted by atomic mass is 19.2. The normalized spacial score (nSPS) is 14.1. The number of ether oxygens (including phenoxy) is 1. The fourth-order valence-corrected chi connectivity index (χ4v) is 4.35. The zero-order chi connectivity index (χ0) is 24.7. The van der Waals surface area contributed by atoms with Crippen LogP contribution in [0.4, 0.5) is 14.5 Å². The molecule has 35 heavy (non-hydrogen) atoms. The van der Waals surface area contributed by atoms with Crippen LogP contribution in [0.3, 0.4) is 0 Å². The number of hydrogen-bond acceptors (Lipinski definition) is 5. The Kier molecular flexibility index (Phi) is 5.94. The number of aromatic nitrogens is 3. The van der Waals surface area contributed by atoms with Gasteiger partial charge in [0.2, 0.25) is 0 Å². The summed E-state index contributed by atoms with van der Waals surface area (Å²) in [5.74, 6) is -3.23. The van der Waals surface area contributed by atoms with E-state index >= 15 is 0 Å². The highest BCUT2D eigenvalue weighted by Crippen LogP contribution is 2.36. The maximum Gasteiger partial charge on any atom is 0.354 e. The molecule has 0 unspecified atom stereocenters. The van der Waals surface area contributed by atoms with E-state index in [1.54, 1.807) is 0 Å². The van der Waals surface area contributed by atoms with Gasteiger partial charge in [-0.15, -0.1) is 0 Å². The minimum absolute atomic E-state index is 0.0344. The Balaban J connectivity index is 1.72. The van der Waals surface area contributed by atoms with Crippen LogP contribution in [0.2, 0.25) is 0 Å². The van der Waals surface area contributed by atoms with Gasteiger partial charge < -0.3 is 14.7 Å². The smallest absolute Gasteiger partial charge is 0.354 e. The molecule has 9 heteroatoms. The number of carbonyl (C=O) groups is 1. The van der Waals surface area contributed by atoms with Gasteiger partial charge in [0.05, 0.1) is 30.0 Å². The minimum Gasteiger partial charge on any atom is -0.477 e. The molecule has 1 fully saturated rings. The lowest BCUT2D eigenvalue weighted by atomic mass is 9.97. The van der Waals surface area contributed by atoms with Gasteiger partial charge in [-0.3, -0.25) is 0 Å². The number of hydrogen-bond donors (Lipinski definition) is 1. The van der Waals surface area contributed by atoms with E-state index in [1.807, 2.05) is 38.1 Å². The van der Waals surface area contributed by atoms with Gasteiger partial charge >= 0.3 is 5.97 Å². The van der Waals surface area contributed by atoms with E-state index in [0.29, 0.717) is 29.9 Å². The van der Waals surface area contributed by atoms with Gasteiger partial charge in [0, 0.05) is 24.8 Å². The fourth-order valence-electron chi connectivity index (χ4n) is 4.35. The SMILES string of the molecule is CC(C)c1nn(-c2ccc(F)c(F)c2)c2nc(C(=O)O)cc(-c3ccc(N4CCOCC4)cc3)c12. The van der Waals surface area contributed by atoms with Crippen molar-refractivity contribution < 1.29 is 23.4 Å². The molecule has 0 bridgehead atoms. The maximum absolute atomic E-state index is 14.0. The largest absolute Gasteiger partial charge is 0.477 e. The van der Waals surface area contributed by atoms with Crippen molar-refractivity contribution in [2.45, 2.75) is 19.8 Å². The van der Waals surface area contributed by atoms with Crippen molar-refractivity contribution in [2.24, 2.45) is 0 Å². The van der Waals surface area contributed by atoms with Crippen LogP contribution < -0.4 is 4.90 Å². The number of rotatable bonds is 5. The van der Waals surface area contributed by atoms with E-state index in [2.05, 4.69) is 15.0 Å². The number of benzene rings is 2. The summed E-state index contributed by atoms with van der Waals surface area (Å²) in [6, 6.07) is 12.9. The Morgan fingerprint density at radius 3 is 2.31 bits per heavy atom. The standard InChI is InChI=1S/C26H24F2N4O3/c1-15(2)24-23-19(16-3-5-17(6-4-16)31-9-11-35-12-10-31)14-22(26(33)34)29-25(23)32(30-24)18-7-8-20(27)21(28)13-18/h3-8,13-15H,9-12H2,1-2H3,(H,33,34). The second-order valence-corrected chi connectivity index (χ2v) is 8.76. The van der Waals surface area contributed by atoms with Crippen LogP contribution in [-0.2, 0) is 4.74 Å². The maximum atomic E-state index is 14.0. The van der Waals surface area contributed by atoms with Crippen LogP contribution in [0.1, 0.15) is 35.9 Å². The Hall–Kier alpha value is -3.85. The van der Waals surface area contributed by atoms with E-state index in [0.717, 1.165) is 36.5 Å². The lowest BCUT2D eigenvalue weighted by Crippen LogP contribution is -2.36. The summed E-state index contributed by atoms with van der Waals surface area (Å²) in [5.41, 5.74) is 3.58. The van der Waals surface area contributed by atoms with Crippen LogP contribution in [0, 0.1) is 11.6 Å². The molecular weight excluding hydrogens is 454 g/mol. The van der Waals surface area contributed by atoms with Crippen molar-refractivity contribution in [1.82, 2.24) is 14.8 Å². The molecule has 0 radical (unpaired) electrons. The van der Waals surface area contributed by atoms with E-state index in [-0.39, 0.29) is 22.9 Å². The Morgan fingerprint density at radius 1 is 1.00 bits per heavy atom. The summed E-state index contributed by atoms with van der Waals surface area (Å²) in [5, 5.41) is 15.1. The third-order valence-corrected chi connectivity index (χ3v) is 6.13. The Bertz CT molecular complexity index is 1410. The number of nitrogens with zero attached hydrogens (tertiary/aromatic N) is 4. The molecule has 4 aromatic rings. The number of halogens is 2. The highest BCUT2D eigenvalue weighted by molar-refractivity contribution is 6.00. The van der Waals surface area contributed by atoms with Gasteiger partial charge in [0.15, 0.2) is 23.0 Å². The van der Waals surface area contributed by atoms with Gasteiger partial charge in [0.25, 0.3) is 0 Å². The zero-order valence-electron chi connectivity index (χ0n) is 19.3. The molecular formula is C26H24F2N4O3. The predicted molar refractivity (Wildman–Crippen MR) is 128 cm³/mol. The molecule has 1 aliphatic heterocycles. The molecule has 0 saturated carbocycles. The molecule has 1 saturated heterocycles. The van der Waals surface area contributed by atoms with Crippen molar-refractivity contribution >= 4 is 22.7 Å². The molecule has 1 N–H and O–H groups in total. The number of morpholine rings is 1. The molecule has 5 rings (SSSR count). The number of carboxylic acid groups (broad SMARTS) is 1. The molecule has 7 nitrogen and oxygen atoms in total. The number of carboxylic acids is 1. The van der Waals surface area contributed by atoms with Crippen LogP contribution >= 0.6 is 0 Å². The fraction of sp³-hybridized carbons (Fsp3) is 0.269. The molecule has 1 aliphatic rings. The molecule has 0 spiro atoms. The van der Waals surface area contributed by atoms with E-state index in [9.17, 15) is 18.7 Å². The quantitative estimate of drug-likeness (QED) is 0.434. The lowest BCUT2D eigenvalue weighted by molar-refractivity contribution is 0.0691. The summed E-state index contributed by atoms with van der Waals surface area (Å²) in [7, 11) is 0. The molecule has 180 valence electrons. The molecule has 2 aromatic heterocycles. The third-order valence-electron chi connectivity index (χ3n) is 6.13. The van der Waals surface area contributed by atoms with E-state index < -0.39 is 17.6 Å². The number of anilines is 1. The highest BCUT2D eigenvalue weighted by Gasteiger charge is 2.23. The average Bonchev–Trinajstić information content (AvgIpc) is 3.26. The Labute approximate surface area is 200 Å². The molecule has 3 heterocycles. The minimum atomic E-state index is -1.19. The van der Waals surface area contributed by atoms with E-state index in [4.69, 9.17) is 4.74 Å². The monoisotopic (exact) mass is 478 g/mol. The van der Waals surface area contributed by atoms with Gasteiger partial charge in [0.1, 0.15) is 0 Å². The van der Waals surface area contributed by atoms with Crippen molar-refractivity contribution in [3.63, 3.8) is 0 Å². The van der Waals surface area contributed by atoms with Crippen molar-refractivity contribution in [3.8, 4) is 16.8 Å². The van der Waals surface area contributed by atoms with Crippen LogP contribution in [-0.4, -0.2) is 52.1 Å². The van der Waals surface area contributed by atoms with Gasteiger partial charge in [-0.05, 0) is 47.4 Å². The third kappa shape index (κ3) is 4.23. The summed E-state index contributed by atoms with van der Waals surface area (Å²) < 4.78 is 34.4. The summed E-state index contributed by atoms with van der Waals surface area (Å²) in [6.45, 7) is 6.90. The molecule has 0 atom stereocenters. The van der Waals surface area contributed by atoms with Crippen molar-refractivity contribution in [1.29, 1.82) is 0 Å². The van der Waals surface area contributed by atoms with Gasteiger partial charge in [-0.1, -0.05) is 26.0 Å². The summed E-state index contributed by atoms with van der Waals surface area (Å²) in [4.78, 5) is 18.5. The first-order valence-corrected chi connectivity index (χ1v) is 11.4. The summed E-state index contributed by atoms with van der Waals surface area (Å²) in [6.07, 6.45) is 0. The van der Waals surface area contributed by atoms with Gasteiger partial charge in [-0.2, -0.15) is 5.10 Å². The number of pyridine rings is 1. The first kappa shape index (κ1) is 22.9. The molecule has 0 aliphatic carbocycles. The number of fused-ring (bicyclic) bond motifs is 1. The van der Waals surface area contributed by atoms with Crippen molar-refractivity contribution in [3.05, 3.63) is 71.6 Å². The van der Waals surface area contributed by atoms with Gasteiger partial charge in [-0.25, -0.2) is 23.2 Å². The second kappa shape index (κ2) is 9.07. The zero-order valence-corrected chi connectivity index (χ0v) is 19.3. The van der Waals surface area contributed by atoms with Crippen LogP contribution in [0.5, 0.6) is 0 Å². The molecule has 2 aromatic carbocycles.